The molecule has 0 radical (unpaired) electrons. The van der Waals surface area contributed by atoms with E-state index in [9.17, 15) is 4.79 Å². The van der Waals surface area contributed by atoms with E-state index in [1.807, 2.05) is 0 Å². The number of hydrogen-bond acceptors (Lipinski definition) is 1. The normalized spacial score (nSPS) is 57.6. The fourth-order valence-electron chi connectivity index (χ4n) is 3.71. The van der Waals surface area contributed by atoms with E-state index in [2.05, 4.69) is 0 Å². The average molecular weight is 151 g/mol. The SMILES string of the molecule is NC(=O)C1C2C3CCC(C3)C12. The predicted octanol–water partition coefficient (Wildman–Crippen LogP) is 0.764. The lowest BCUT2D eigenvalue weighted by atomic mass is 10.0. The lowest BCUT2D eigenvalue weighted by Gasteiger charge is -2.04. The van der Waals surface area contributed by atoms with Crippen molar-refractivity contribution < 1.29 is 4.79 Å². The maximum atomic E-state index is 10.9. The van der Waals surface area contributed by atoms with Crippen molar-refractivity contribution in [2.24, 2.45) is 35.3 Å². The third-order valence-corrected chi connectivity index (χ3v) is 4.06. The Morgan fingerprint density at radius 3 is 2.18 bits per heavy atom. The highest BCUT2D eigenvalue weighted by atomic mass is 16.1. The van der Waals surface area contributed by atoms with Gasteiger partial charge in [-0.15, -0.1) is 0 Å². The van der Waals surface area contributed by atoms with Gasteiger partial charge >= 0.3 is 0 Å². The number of hydrogen-bond donors (Lipinski definition) is 1. The third kappa shape index (κ3) is 0.569. The van der Waals surface area contributed by atoms with Gasteiger partial charge in [0.05, 0.1) is 0 Å². The van der Waals surface area contributed by atoms with Crippen LogP contribution in [0, 0.1) is 29.6 Å². The van der Waals surface area contributed by atoms with Gasteiger partial charge < -0.3 is 5.73 Å². The van der Waals surface area contributed by atoms with Crippen molar-refractivity contribution in [1.29, 1.82) is 0 Å². The van der Waals surface area contributed by atoms with Gasteiger partial charge in [0.2, 0.25) is 5.91 Å². The lowest BCUT2D eigenvalue weighted by molar-refractivity contribution is -0.120. The largest absolute Gasteiger partial charge is 0.369 e. The molecule has 0 heterocycles. The van der Waals surface area contributed by atoms with E-state index in [0.29, 0.717) is 5.92 Å². The summed E-state index contributed by atoms with van der Waals surface area (Å²) in [5.74, 6) is 3.47. The van der Waals surface area contributed by atoms with Crippen LogP contribution >= 0.6 is 0 Å². The molecule has 0 aromatic carbocycles. The molecule has 3 rings (SSSR count). The van der Waals surface area contributed by atoms with Crippen LogP contribution in [0.2, 0.25) is 0 Å². The highest BCUT2D eigenvalue weighted by molar-refractivity contribution is 5.81. The molecule has 3 fully saturated rings. The first-order chi connectivity index (χ1) is 5.29. The Hall–Kier alpha value is -0.530. The Morgan fingerprint density at radius 2 is 1.73 bits per heavy atom. The zero-order chi connectivity index (χ0) is 7.59. The second-order valence-corrected chi connectivity index (χ2v) is 4.42. The molecule has 2 bridgehead atoms. The smallest absolute Gasteiger partial charge is 0.221 e. The Morgan fingerprint density at radius 1 is 1.18 bits per heavy atom. The molecule has 3 aliphatic carbocycles. The van der Waals surface area contributed by atoms with Crippen molar-refractivity contribution in [3.05, 3.63) is 0 Å². The summed E-state index contributed by atoms with van der Waals surface area (Å²) in [5.41, 5.74) is 5.30. The molecule has 0 aliphatic heterocycles. The van der Waals surface area contributed by atoms with Gasteiger partial charge in [-0.2, -0.15) is 0 Å². The van der Waals surface area contributed by atoms with Crippen LogP contribution < -0.4 is 5.73 Å². The Labute approximate surface area is 66.1 Å². The monoisotopic (exact) mass is 151 g/mol. The molecule has 2 N–H and O–H groups in total. The van der Waals surface area contributed by atoms with Crippen molar-refractivity contribution in [1.82, 2.24) is 0 Å². The van der Waals surface area contributed by atoms with Crippen LogP contribution in [-0.2, 0) is 4.79 Å². The van der Waals surface area contributed by atoms with E-state index >= 15 is 0 Å². The fraction of sp³-hybridized carbons (Fsp3) is 0.889. The molecule has 2 nitrogen and oxygen atoms in total. The molecule has 2 heteroatoms. The quantitative estimate of drug-likeness (QED) is 0.590. The summed E-state index contributed by atoms with van der Waals surface area (Å²) in [5, 5.41) is 0. The second kappa shape index (κ2) is 1.62. The minimum absolute atomic E-state index is 0.0309. The van der Waals surface area contributed by atoms with Crippen LogP contribution in [0.5, 0.6) is 0 Å². The maximum Gasteiger partial charge on any atom is 0.221 e. The zero-order valence-electron chi connectivity index (χ0n) is 6.49. The number of fused-ring (bicyclic) bond motifs is 5. The summed E-state index contributed by atoms with van der Waals surface area (Å²) >= 11 is 0. The number of primary amides is 1. The Balaban J connectivity index is 1.86. The van der Waals surface area contributed by atoms with Gasteiger partial charge in [-0.05, 0) is 42.9 Å². The van der Waals surface area contributed by atoms with Crippen LogP contribution in [0.1, 0.15) is 19.3 Å². The average Bonchev–Trinajstić information content (AvgIpc) is 2.44. The van der Waals surface area contributed by atoms with Crippen molar-refractivity contribution in [2.45, 2.75) is 19.3 Å². The lowest BCUT2D eigenvalue weighted by Crippen LogP contribution is -2.18. The molecule has 60 valence electrons. The van der Waals surface area contributed by atoms with Gasteiger partial charge in [0, 0.05) is 5.92 Å². The van der Waals surface area contributed by atoms with Crippen molar-refractivity contribution in [2.75, 3.05) is 0 Å². The van der Waals surface area contributed by atoms with E-state index in [1.54, 1.807) is 0 Å². The minimum atomic E-state index is -0.0309. The van der Waals surface area contributed by atoms with Crippen molar-refractivity contribution in [3.8, 4) is 0 Å². The summed E-state index contributed by atoms with van der Waals surface area (Å²) < 4.78 is 0. The van der Waals surface area contributed by atoms with Gasteiger partial charge in [0.25, 0.3) is 0 Å². The second-order valence-electron chi connectivity index (χ2n) is 4.42. The van der Waals surface area contributed by atoms with Crippen LogP contribution in [0.15, 0.2) is 0 Å². The molecule has 3 saturated carbocycles. The van der Waals surface area contributed by atoms with Crippen molar-refractivity contribution >= 4 is 5.91 Å². The van der Waals surface area contributed by atoms with Crippen LogP contribution in [0.4, 0.5) is 0 Å². The number of amides is 1. The summed E-state index contributed by atoms with van der Waals surface area (Å²) in [4.78, 5) is 10.9. The fourth-order valence-corrected chi connectivity index (χ4v) is 3.71. The first-order valence-electron chi connectivity index (χ1n) is 4.58. The van der Waals surface area contributed by atoms with Crippen molar-refractivity contribution in [3.63, 3.8) is 0 Å². The number of carbonyl (C=O) groups excluding carboxylic acids is 1. The number of rotatable bonds is 1. The molecule has 0 spiro atoms. The van der Waals surface area contributed by atoms with Gasteiger partial charge in [0.15, 0.2) is 0 Å². The van der Waals surface area contributed by atoms with Crippen LogP contribution in [0.25, 0.3) is 0 Å². The summed E-state index contributed by atoms with van der Waals surface area (Å²) in [6.45, 7) is 0. The van der Waals surface area contributed by atoms with Gasteiger partial charge in [0.1, 0.15) is 0 Å². The molecular formula is C9H13NO. The third-order valence-electron chi connectivity index (χ3n) is 4.06. The van der Waals surface area contributed by atoms with E-state index < -0.39 is 0 Å². The summed E-state index contributed by atoms with van der Waals surface area (Å²) in [7, 11) is 0. The molecule has 0 aromatic rings. The first-order valence-corrected chi connectivity index (χ1v) is 4.58. The van der Waals surface area contributed by atoms with Crippen LogP contribution in [-0.4, -0.2) is 5.91 Å². The molecule has 0 saturated heterocycles. The number of nitrogens with two attached hydrogens (primary N) is 1. The van der Waals surface area contributed by atoms with E-state index in [1.165, 1.54) is 19.3 Å². The number of carbonyl (C=O) groups is 1. The van der Waals surface area contributed by atoms with Crippen LogP contribution in [0.3, 0.4) is 0 Å². The predicted molar refractivity (Wildman–Crippen MR) is 40.5 cm³/mol. The molecule has 4 atom stereocenters. The minimum Gasteiger partial charge on any atom is -0.369 e. The van der Waals surface area contributed by atoms with E-state index in [4.69, 9.17) is 5.73 Å². The summed E-state index contributed by atoms with van der Waals surface area (Å²) in [6, 6.07) is 0. The van der Waals surface area contributed by atoms with Gasteiger partial charge in [-0.25, -0.2) is 0 Å². The first kappa shape index (κ1) is 6.04. The maximum absolute atomic E-state index is 10.9. The molecular weight excluding hydrogens is 138 g/mol. The standard InChI is InChI=1S/C9H13NO/c10-9(11)8-6-4-1-2-5(3-4)7(6)8/h4-8H,1-3H2,(H2,10,11). The van der Waals surface area contributed by atoms with Gasteiger partial charge in [-0.1, -0.05) is 0 Å². The zero-order valence-corrected chi connectivity index (χ0v) is 6.49. The van der Waals surface area contributed by atoms with Gasteiger partial charge in [-0.3, -0.25) is 4.79 Å². The summed E-state index contributed by atoms with van der Waals surface area (Å²) in [6.07, 6.45) is 4.14. The Bertz CT molecular complexity index is 210. The molecule has 4 unspecified atom stereocenters. The highest BCUT2D eigenvalue weighted by Gasteiger charge is 2.66. The topological polar surface area (TPSA) is 43.1 Å². The van der Waals surface area contributed by atoms with E-state index in [0.717, 1.165) is 23.7 Å². The Kier molecular flexibility index (Phi) is 0.890. The molecule has 3 aliphatic rings. The highest BCUT2D eigenvalue weighted by Crippen LogP contribution is 2.69. The molecule has 0 aromatic heterocycles. The van der Waals surface area contributed by atoms with E-state index in [-0.39, 0.29) is 5.91 Å². The molecule has 1 amide bonds. The molecule has 11 heavy (non-hydrogen) atoms.